The minimum absolute atomic E-state index is 0.0253. The third kappa shape index (κ3) is 3.24. The highest BCUT2D eigenvalue weighted by atomic mass is 16.6. The first-order chi connectivity index (χ1) is 14.2. The Morgan fingerprint density at radius 3 is 2.53 bits per heavy atom. The number of hydrogen-bond acceptors (Lipinski definition) is 7. The first-order valence-electron chi connectivity index (χ1n) is 9.38. The second-order valence-electron chi connectivity index (χ2n) is 8.21. The molecule has 0 amide bonds. The predicted octanol–water partition coefficient (Wildman–Crippen LogP) is 4.31. The molecule has 1 aromatic carbocycles. The zero-order valence-electron chi connectivity index (χ0n) is 16.5. The molecule has 2 aromatic rings. The Kier molecular flexibility index (Phi) is 4.46. The van der Waals surface area contributed by atoms with Crippen molar-refractivity contribution in [1.82, 2.24) is 0 Å². The van der Waals surface area contributed by atoms with Crippen LogP contribution in [0.15, 0.2) is 63.6 Å². The highest BCUT2D eigenvalue weighted by Crippen LogP contribution is 2.48. The molecule has 2 heterocycles. The van der Waals surface area contributed by atoms with Gasteiger partial charge in [-0.1, -0.05) is 13.8 Å². The average molecular weight is 405 g/mol. The number of benzene rings is 1. The number of ketones is 1. The molecule has 0 spiro atoms. The SMILES string of the molecule is CC1(C)CC(=O)C2=C(C1)OC(N)=C(C#N)[C@H]2c1ccc(-c2ccc([N+](=O)[O-])cc2)o1. The summed E-state index contributed by atoms with van der Waals surface area (Å²) >= 11 is 0. The Hall–Kier alpha value is -3.86. The highest BCUT2D eigenvalue weighted by molar-refractivity contribution is 5.99. The van der Waals surface area contributed by atoms with Crippen LogP contribution in [-0.2, 0) is 9.53 Å². The van der Waals surface area contributed by atoms with Gasteiger partial charge in [-0.25, -0.2) is 0 Å². The Morgan fingerprint density at radius 2 is 1.90 bits per heavy atom. The lowest BCUT2D eigenvalue weighted by Crippen LogP contribution is -2.33. The van der Waals surface area contributed by atoms with Crippen LogP contribution < -0.4 is 5.73 Å². The molecule has 1 aliphatic heterocycles. The molecule has 1 atom stereocenters. The Labute approximate surface area is 172 Å². The van der Waals surface area contributed by atoms with E-state index in [0.29, 0.717) is 41.3 Å². The van der Waals surface area contributed by atoms with Crippen molar-refractivity contribution in [2.75, 3.05) is 0 Å². The van der Waals surface area contributed by atoms with Gasteiger partial charge < -0.3 is 14.9 Å². The van der Waals surface area contributed by atoms with E-state index in [1.54, 1.807) is 24.3 Å². The molecule has 0 radical (unpaired) electrons. The van der Waals surface area contributed by atoms with E-state index in [1.807, 2.05) is 13.8 Å². The summed E-state index contributed by atoms with van der Waals surface area (Å²) in [5, 5.41) is 20.5. The number of ether oxygens (including phenoxy) is 1. The van der Waals surface area contributed by atoms with E-state index in [9.17, 15) is 20.2 Å². The summed E-state index contributed by atoms with van der Waals surface area (Å²) in [7, 11) is 0. The van der Waals surface area contributed by atoms with E-state index in [2.05, 4.69) is 6.07 Å². The zero-order chi connectivity index (χ0) is 21.6. The molecular formula is C22H19N3O5. The molecule has 0 fully saturated rings. The van der Waals surface area contributed by atoms with Crippen molar-refractivity contribution in [2.45, 2.75) is 32.6 Å². The van der Waals surface area contributed by atoms with Gasteiger partial charge >= 0.3 is 0 Å². The van der Waals surface area contributed by atoms with E-state index in [4.69, 9.17) is 14.9 Å². The molecule has 4 rings (SSSR count). The van der Waals surface area contributed by atoms with Gasteiger partial charge in [-0.05, 0) is 29.7 Å². The zero-order valence-corrected chi connectivity index (χ0v) is 16.5. The van der Waals surface area contributed by atoms with E-state index in [1.165, 1.54) is 12.1 Å². The van der Waals surface area contributed by atoms with Crippen LogP contribution in [0, 0.1) is 26.9 Å². The number of furan rings is 1. The average Bonchev–Trinajstić information content (AvgIpc) is 3.15. The number of nitro benzene ring substituents is 1. The fourth-order valence-corrected chi connectivity index (χ4v) is 3.98. The Balaban J connectivity index is 1.77. The van der Waals surface area contributed by atoms with Gasteiger partial charge in [-0.2, -0.15) is 5.26 Å². The summed E-state index contributed by atoms with van der Waals surface area (Å²) in [6.45, 7) is 3.96. The number of nitriles is 1. The molecule has 8 heteroatoms. The quantitative estimate of drug-likeness (QED) is 0.594. The van der Waals surface area contributed by atoms with Crippen LogP contribution in [0.1, 0.15) is 38.4 Å². The van der Waals surface area contributed by atoms with Crippen LogP contribution in [0.2, 0.25) is 0 Å². The van der Waals surface area contributed by atoms with Crippen LogP contribution in [-0.4, -0.2) is 10.7 Å². The summed E-state index contributed by atoms with van der Waals surface area (Å²) in [6.07, 6.45) is 0.861. The molecule has 0 saturated heterocycles. The smallest absolute Gasteiger partial charge is 0.269 e. The molecule has 0 unspecified atom stereocenters. The number of nitro groups is 1. The predicted molar refractivity (Wildman–Crippen MR) is 106 cm³/mol. The van der Waals surface area contributed by atoms with Gasteiger partial charge in [0.1, 0.15) is 28.9 Å². The lowest BCUT2D eigenvalue weighted by molar-refractivity contribution is -0.384. The maximum Gasteiger partial charge on any atom is 0.269 e. The summed E-state index contributed by atoms with van der Waals surface area (Å²) in [5.41, 5.74) is 6.89. The molecule has 0 bridgehead atoms. The topological polar surface area (TPSA) is 132 Å². The Morgan fingerprint density at radius 1 is 1.20 bits per heavy atom. The second kappa shape index (κ2) is 6.88. The first kappa shape index (κ1) is 19.5. The van der Waals surface area contributed by atoms with E-state index >= 15 is 0 Å². The normalized spacial score (nSPS) is 20.4. The van der Waals surface area contributed by atoms with Crippen molar-refractivity contribution in [2.24, 2.45) is 11.1 Å². The van der Waals surface area contributed by atoms with E-state index in [0.717, 1.165) is 0 Å². The number of non-ortho nitro benzene ring substituents is 1. The molecule has 1 aliphatic carbocycles. The summed E-state index contributed by atoms with van der Waals surface area (Å²) in [4.78, 5) is 23.3. The monoisotopic (exact) mass is 405 g/mol. The number of nitrogens with two attached hydrogens (primary N) is 1. The van der Waals surface area contributed by atoms with Gasteiger partial charge in [0.15, 0.2) is 5.78 Å². The molecular weight excluding hydrogens is 386 g/mol. The number of carbonyl (C=O) groups excluding carboxylic acids is 1. The van der Waals surface area contributed by atoms with E-state index in [-0.39, 0.29) is 28.3 Å². The fourth-order valence-electron chi connectivity index (χ4n) is 3.98. The fraction of sp³-hybridized carbons (Fsp3) is 0.273. The van der Waals surface area contributed by atoms with Crippen molar-refractivity contribution in [3.8, 4) is 17.4 Å². The molecule has 2 N–H and O–H groups in total. The minimum Gasteiger partial charge on any atom is -0.460 e. The second-order valence-corrected chi connectivity index (χ2v) is 8.21. The van der Waals surface area contributed by atoms with Gasteiger partial charge in [0.05, 0.1) is 10.8 Å². The number of carbonyl (C=O) groups is 1. The molecule has 152 valence electrons. The number of nitrogens with zero attached hydrogens (tertiary/aromatic N) is 2. The molecule has 2 aliphatic rings. The lowest BCUT2D eigenvalue weighted by atomic mass is 9.71. The maximum absolute atomic E-state index is 13.0. The maximum atomic E-state index is 13.0. The summed E-state index contributed by atoms with van der Waals surface area (Å²) in [5.74, 6) is 0.472. The molecule has 1 aromatic heterocycles. The molecule has 0 saturated carbocycles. The van der Waals surface area contributed by atoms with E-state index < -0.39 is 10.8 Å². The number of Topliss-reactive ketones (excluding diaryl/α,β-unsaturated/α-hetero) is 1. The molecule has 8 nitrogen and oxygen atoms in total. The first-order valence-corrected chi connectivity index (χ1v) is 9.38. The van der Waals surface area contributed by atoms with Crippen molar-refractivity contribution >= 4 is 11.5 Å². The van der Waals surface area contributed by atoms with Crippen molar-refractivity contribution < 1.29 is 18.9 Å². The van der Waals surface area contributed by atoms with Crippen LogP contribution in [0.3, 0.4) is 0 Å². The molecule has 30 heavy (non-hydrogen) atoms. The van der Waals surface area contributed by atoms with Gasteiger partial charge in [-0.3, -0.25) is 14.9 Å². The third-order valence-corrected chi connectivity index (χ3v) is 5.35. The van der Waals surface area contributed by atoms with Gasteiger partial charge in [-0.15, -0.1) is 0 Å². The van der Waals surface area contributed by atoms with Crippen molar-refractivity contribution in [1.29, 1.82) is 5.26 Å². The minimum atomic E-state index is -0.742. The summed E-state index contributed by atoms with van der Waals surface area (Å²) < 4.78 is 11.7. The lowest BCUT2D eigenvalue weighted by Gasteiger charge is -2.36. The van der Waals surface area contributed by atoms with Gasteiger partial charge in [0.2, 0.25) is 5.88 Å². The third-order valence-electron chi connectivity index (χ3n) is 5.35. The standard InChI is InChI=1S/C22H19N3O5/c1-22(2)9-15(26)20-18(10-22)30-21(24)14(11-23)19(20)17-8-7-16(29-17)12-3-5-13(6-4-12)25(27)28/h3-8,19H,9-10,24H2,1-2H3/t19-/m0/s1. The Bertz CT molecular complexity index is 1160. The number of allylic oxidation sites excluding steroid dienone is 3. The number of hydrogen-bond donors (Lipinski definition) is 1. The van der Waals surface area contributed by atoms with Gasteiger partial charge in [0, 0.05) is 36.1 Å². The highest BCUT2D eigenvalue weighted by Gasteiger charge is 2.44. The van der Waals surface area contributed by atoms with Crippen LogP contribution in [0.5, 0.6) is 0 Å². The van der Waals surface area contributed by atoms with Crippen molar-refractivity contribution in [3.63, 3.8) is 0 Å². The number of rotatable bonds is 3. The van der Waals surface area contributed by atoms with Crippen molar-refractivity contribution in [3.05, 3.63) is 75.1 Å². The van der Waals surface area contributed by atoms with Gasteiger partial charge in [0.25, 0.3) is 5.69 Å². The summed E-state index contributed by atoms with van der Waals surface area (Å²) in [6, 6.07) is 11.4. The van der Waals surface area contributed by atoms with Crippen LogP contribution in [0.25, 0.3) is 11.3 Å². The largest absolute Gasteiger partial charge is 0.460 e. The van der Waals surface area contributed by atoms with Crippen LogP contribution >= 0.6 is 0 Å². The van der Waals surface area contributed by atoms with Crippen LogP contribution in [0.4, 0.5) is 5.69 Å².